The minimum atomic E-state index is -0.407. The molecule has 3 heterocycles. The standard InChI is InChI=1S/C17H13N3O2/c1-22-17(21)12-7-8-14(20-11-12)13-5-4-10-19-16(13)15-6-2-3-9-18-15/h2-11H,1H3. The van der Waals surface area contributed by atoms with Crippen molar-refractivity contribution in [3.8, 4) is 22.6 Å². The SMILES string of the molecule is COC(=O)c1ccc(-c2cccnc2-c2ccccn2)nc1. The molecule has 0 bridgehead atoms. The van der Waals surface area contributed by atoms with Gasteiger partial charge in [0, 0.05) is 24.2 Å². The highest BCUT2D eigenvalue weighted by atomic mass is 16.5. The van der Waals surface area contributed by atoms with Gasteiger partial charge >= 0.3 is 5.97 Å². The molecule has 108 valence electrons. The van der Waals surface area contributed by atoms with Crippen LogP contribution in [0.3, 0.4) is 0 Å². The second-order valence-electron chi connectivity index (χ2n) is 4.54. The quantitative estimate of drug-likeness (QED) is 0.694. The summed E-state index contributed by atoms with van der Waals surface area (Å²) in [6.07, 6.45) is 4.94. The first-order valence-electron chi connectivity index (χ1n) is 6.71. The van der Waals surface area contributed by atoms with E-state index in [-0.39, 0.29) is 0 Å². The van der Waals surface area contributed by atoms with Crippen LogP contribution in [0.25, 0.3) is 22.6 Å². The number of nitrogens with zero attached hydrogens (tertiary/aromatic N) is 3. The predicted molar refractivity (Wildman–Crippen MR) is 82.0 cm³/mol. The minimum absolute atomic E-state index is 0.407. The van der Waals surface area contributed by atoms with Crippen molar-refractivity contribution in [1.82, 2.24) is 15.0 Å². The number of hydrogen-bond acceptors (Lipinski definition) is 5. The zero-order valence-electron chi connectivity index (χ0n) is 11.9. The Morgan fingerprint density at radius 1 is 0.909 bits per heavy atom. The lowest BCUT2D eigenvalue weighted by atomic mass is 10.1. The molecule has 0 atom stereocenters. The van der Waals surface area contributed by atoms with Crippen LogP contribution in [0.1, 0.15) is 10.4 Å². The highest BCUT2D eigenvalue weighted by Crippen LogP contribution is 2.27. The Morgan fingerprint density at radius 2 is 1.77 bits per heavy atom. The van der Waals surface area contributed by atoms with Crippen molar-refractivity contribution in [3.63, 3.8) is 0 Å². The highest BCUT2D eigenvalue weighted by molar-refractivity contribution is 5.89. The highest BCUT2D eigenvalue weighted by Gasteiger charge is 2.12. The number of rotatable bonds is 3. The summed E-state index contributed by atoms with van der Waals surface area (Å²) >= 11 is 0. The van der Waals surface area contributed by atoms with Crippen LogP contribution in [-0.2, 0) is 4.74 Å². The third-order valence-corrected chi connectivity index (χ3v) is 3.18. The summed E-state index contributed by atoms with van der Waals surface area (Å²) in [4.78, 5) is 24.5. The molecule has 0 aliphatic heterocycles. The zero-order chi connectivity index (χ0) is 15.4. The molecule has 0 aliphatic rings. The van der Waals surface area contributed by atoms with Crippen molar-refractivity contribution < 1.29 is 9.53 Å². The maximum Gasteiger partial charge on any atom is 0.339 e. The topological polar surface area (TPSA) is 65.0 Å². The number of aromatic nitrogens is 3. The average Bonchev–Trinajstić information content (AvgIpc) is 2.62. The van der Waals surface area contributed by atoms with Gasteiger partial charge in [0.2, 0.25) is 0 Å². The fourth-order valence-electron chi connectivity index (χ4n) is 2.11. The number of carbonyl (C=O) groups excluding carboxylic acids is 1. The summed E-state index contributed by atoms with van der Waals surface area (Å²) in [6.45, 7) is 0. The molecule has 0 aromatic carbocycles. The van der Waals surface area contributed by atoms with Crippen molar-refractivity contribution in [3.05, 3.63) is 66.6 Å². The molecule has 3 aromatic rings. The van der Waals surface area contributed by atoms with E-state index < -0.39 is 5.97 Å². The first-order valence-corrected chi connectivity index (χ1v) is 6.71. The lowest BCUT2D eigenvalue weighted by Crippen LogP contribution is -2.02. The molecule has 0 unspecified atom stereocenters. The van der Waals surface area contributed by atoms with Crippen LogP contribution in [0.15, 0.2) is 61.1 Å². The molecule has 0 aliphatic carbocycles. The van der Waals surface area contributed by atoms with Crippen molar-refractivity contribution in [2.75, 3.05) is 7.11 Å². The average molecular weight is 291 g/mol. The van der Waals surface area contributed by atoms with E-state index in [9.17, 15) is 4.79 Å². The van der Waals surface area contributed by atoms with Crippen LogP contribution >= 0.6 is 0 Å². The van der Waals surface area contributed by atoms with E-state index >= 15 is 0 Å². The lowest BCUT2D eigenvalue weighted by molar-refractivity contribution is 0.0600. The molecule has 5 heteroatoms. The smallest absolute Gasteiger partial charge is 0.339 e. The van der Waals surface area contributed by atoms with Crippen LogP contribution in [0.5, 0.6) is 0 Å². The van der Waals surface area contributed by atoms with Gasteiger partial charge in [-0.1, -0.05) is 6.07 Å². The summed E-state index contributed by atoms with van der Waals surface area (Å²) in [6, 6.07) is 12.9. The number of carbonyl (C=O) groups is 1. The van der Waals surface area contributed by atoms with Crippen molar-refractivity contribution >= 4 is 5.97 Å². The summed E-state index contributed by atoms with van der Waals surface area (Å²) in [5, 5.41) is 0. The van der Waals surface area contributed by atoms with Crippen molar-refractivity contribution in [2.24, 2.45) is 0 Å². The molecule has 0 amide bonds. The number of pyridine rings is 3. The Bertz CT molecular complexity index is 787. The van der Waals surface area contributed by atoms with Gasteiger partial charge < -0.3 is 4.74 Å². The third kappa shape index (κ3) is 2.69. The molecule has 0 saturated heterocycles. The van der Waals surface area contributed by atoms with Gasteiger partial charge in [-0.2, -0.15) is 0 Å². The summed E-state index contributed by atoms with van der Waals surface area (Å²) < 4.78 is 4.67. The van der Waals surface area contributed by atoms with Gasteiger partial charge in [0.1, 0.15) is 0 Å². The van der Waals surface area contributed by atoms with Crippen molar-refractivity contribution in [1.29, 1.82) is 0 Å². The molecule has 3 rings (SSSR count). The van der Waals surface area contributed by atoms with E-state index in [2.05, 4.69) is 19.7 Å². The number of ether oxygens (including phenoxy) is 1. The Kier molecular flexibility index (Phi) is 3.87. The van der Waals surface area contributed by atoms with Crippen LogP contribution in [0.4, 0.5) is 0 Å². The first kappa shape index (κ1) is 13.9. The normalized spacial score (nSPS) is 10.2. The van der Waals surface area contributed by atoms with Crippen LogP contribution in [0.2, 0.25) is 0 Å². The van der Waals surface area contributed by atoms with E-state index in [1.54, 1.807) is 24.5 Å². The summed E-state index contributed by atoms with van der Waals surface area (Å²) in [7, 11) is 1.34. The largest absolute Gasteiger partial charge is 0.465 e. The number of hydrogen-bond donors (Lipinski definition) is 0. The molecule has 0 spiro atoms. The minimum Gasteiger partial charge on any atom is -0.465 e. The molecular weight excluding hydrogens is 278 g/mol. The molecule has 0 radical (unpaired) electrons. The molecule has 0 N–H and O–H groups in total. The van der Waals surface area contributed by atoms with Gasteiger partial charge in [0.05, 0.1) is 29.8 Å². The van der Waals surface area contributed by atoms with Gasteiger partial charge in [0.25, 0.3) is 0 Å². The van der Waals surface area contributed by atoms with E-state index in [1.807, 2.05) is 30.3 Å². The van der Waals surface area contributed by atoms with Crippen LogP contribution in [-0.4, -0.2) is 28.0 Å². The van der Waals surface area contributed by atoms with E-state index in [0.29, 0.717) is 5.56 Å². The predicted octanol–water partition coefficient (Wildman–Crippen LogP) is 2.99. The molecule has 3 aromatic heterocycles. The second kappa shape index (κ2) is 6.13. The van der Waals surface area contributed by atoms with Gasteiger partial charge in [-0.05, 0) is 36.4 Å². The molecule has 22 heavy (non-hydrogen) atoms. The molecule has 0 fully saturated rings. The Hall–Kier alpha value is -3.08. The monoisotopic (exact) mass is 291 g/mol. The fourth-order valence-corrected chi connectivity index (χ4v) is 2.11. The van der Waals surface area contributed by atoms with Crippen LogP contribution in [0, 0.1) is 0 Å². The van der Waals surface area contributed by atoms with Crippen molar-refractivity contribution in [2.45, 2.75) is 0 Å². The fraction of sp³-hybridized carbons (Fsp3) is 0.0588. The molecule has 0 saturated carbocycles. The Morgan fingerprint density at radius 3 is 2.45 bits per heavy atom. The van der Waals surface area contributed by atoms with Gasteiger partial charge in [-0.25, -0.2) is 4.79 Å². The van der Waals surface area contributed by atoms with E-state index in [4.69, 9.17) is 0 Å². The van der Waals surface area contributed by atoms with E-state index in [1.165, 1.54) is 13.3 Å². The first-order chi connectivity index (χ1) is 10.8. The summed E-state index contributed by atoms with van der Waals surface area (Å²) in [5.74, 6) is -0.407. The number of methoxy groups -OCH3 is 1. The Labute approximate surface area is 127 Å². The summed E-state index contributed by atoms with van der Waals surface area (Å²) in [5.41, 5.74) is 3.52. The van der Waals surface area contributed by atoms with Gasteiger partial charge in [0.15, 0.2) is 0 Å². The van der Waals surface area contributed by atoms with Crippen LogP contribution < -0.4 is 0 Å². The zero-order valence-corrected chi connectivity index (χ0v) is 11.9. The maximum absolute atomic E-state index is 11.5. The van der Waals surface area contributed by atoms with Gasteiger partial charge in [-0.15, -0.1) is 0 Å². The molecular formula is C17H13N3O2. The molecule has 5 nitrogen and oxygen atoms in total. The van der Waals surface area contributed by atoms with Gasteiger partial charge in [-0.3, -0.25) is 15.0 Å². The maximum atomic E-state index is 11.5. The van der Waals surface area contributed by atoms with E-state index in [0.717, 1.165) is 22.6 Å². The second-order valence-corrected chi connectivity index (χ2v) is 4.54. The third-order valence-electron chi connectivity index (χ3n) is 3.18. The Balaban J connectivity index is 2.04. The number of esters is 1. The lowest BCUT2D eigenvalue weighted by Gasteiger charge is -2.07.